The molecular weight excluding hydrogens is 394 g/mol. The van der Waals surface area contributed by atoms with Crippen LogP contribution in [0.5, 0.6) is 11.5 Å². The molecule has 0 saturated carbocycles. The number of hydrogen-bond acceptors (Lipinski definition) is 3. The number of ether oxygens (including phenoxy) is 1. The lowest BCUT2D eigenvalue weighted by molar-refractivity contribution is 0.248. The van der Waals surface area contributed by atoms with E-state index in [0.29, 0.717) is 12.4 Å². The molecule has 2 heterocycles. The minimum atomic E-state index is 0.164. The number of fused-ring (bicyclic) bond motifs is 1. The van der Waals surface area contributed by atoms with E-state index < -0.39 is 0 Å². The molecule has 3 heteroatoms. The van der Waals surface area contributed by atoms with E-state index in [1.54, 1.807) is 6.07 Å². The molecule has 3 aromatic rings. The van der Waals surface area contributed by atoms with Crippen molar-refractivity contribution in [3.63, 3.8) is 0 Å². The molecule has 0 amide bonds. The van der Waals surface area contributed by atoms with Gasteiger partial charge in [0.25, 0.3) is 0 Å². The standard InChI is InChI=1S/C29H33NO2/c31-25-15-16-28-26(20-25)29(27(21-32-28)23-9-2-1-3-10-23)24-13-11-22(12-14-24)8-4-5-17-30-18-6-7-19-30/h1-3,9-16,20,27,29,31H,4-8,17-19,21H2/t27-,29-/m0/s1. The molecule has 32 heavy (non-hydrogen) atoms. The molecule has 0 spiro atoms. The maximum Gasteiger partial charge on any atom is 0.123 e. The van der Waals surface area contributed by atoms with Gasteiger partial charge in [-0.25, -0.2) is 0 Å². The number of aromatic hydroxyl groups is 1. The topological polar surface area (TPSA) is 32.7 Å². The summed E-state index contributed by atoms with van der Waals surface area (Å²) in [5.41, 5.74) is 5.05. The first-order valence-electron chi connectivity index (χ1n) is 12.1. The van der Waals surface area contributed by atoms with Gasteiger partial charge in [-0.15, -0.1) is 0 Å². The molecule has 3 aromatic carbocycles. The van der Waals surface area contributed by atoms with Gasteiger partial charge in [0.1, 0.15) is 11.5 Å². The number of phenolic OH excluding ortho intramolecular Hbond substituents is 1. The molecule has 166 valence electrons. The van der Waals surface area contributed by atoms with Crippen LogP contribution in [0, 0.1) is 0 Å². The van der Waals surface area contributed by atoms with Gasteiger partial charge >= 0.3 is 0 Å². The van der Waals surface area contributed by atoms with Crippen molar-refractivity contribution in [3.8, 4) is 11.5 Å². The number of rotatable bonds is 7. The summed E-state index contributed by atoms with van der Waals surface area (Å²) in [5, 5.41) is 10.2. The van der Waals surface area contributed by atoms with E-state index in [2.05, 4.69) is 59.5 Å². The Hall–Kier alpha value is -2.78. The third-order valence-corrected chi connectivity index (χ3v) is 7.10. The Balaban J connectivity index is 1.34. The van der Waals surface area contributed by atoms with Crippen molar-refractivity contribution in [2.24, 2.45) is 0 Å². The number of hydrogen-bond donors (Lipinski definition) is 1. The highest BCUT2D eigenvalue weighted by atomic mass is 16.5. The third-order valence-electron chi connectivity index (χ3n) is 7.10. The Morgan fingerprint density at radius 1 is 0.844 bits per heavy atom. The second kappa shape index (κ2) is 9.79. The smallest absolute Gasteiger partial charge is 0.123 e. The van der Waals surface area contributed by atoms with Crippen LogP contribution in [0.2, 0.25) is 0 Å². The van der Waals surface area contributed by atoms with Crippen molar-refractivity contribution in [3.05, 3.63) is 95.1 Å². The summed E-state index contributed by atoms with van der Waals surface area (Å²) in [4.78, 5) is 2.60. The van der Waals surface area contributed by atoms with Gasteiger partial charge in [0.05, 0.1) is 6.61 Å². The van der Waals surface area contributed by atoms with Gasteiger partial charge in [0.2, 0.25) is 0 Å². The molecule has 0 aromatic heterocycles. The minimum absolute atomic E-state index is 0.164. The third kappa shape index (κ3) is 4.68. The quantitative estimate of drug-likeness (QED) is 0.461. The Bertz CT molecular complexity index is 1010. The number of nitrogens with zero attached hydrogens (tertiary/aromatic N) is 1. The summed E-state index contributed by atoms with van der Waals surface area (Å²) in [6.45, 7) is 4.47. The van der Waals surface area contributed by atoms with Crippen LogP contribution in [-0.2, 0) is 6.42 Å². The molecule has 2 aliphatic rings. The van der Waals surface area contributed by atoms with Crippen molar-refractivity contribution in [2.75, 3.05) is 26.2 Å². The highest BCUT2D eigenvalue weighted by Gasteiger charge is 2.33. The Morgan fingerprint density at radius 2 is 1.62 bits per heavy atom. The molecule has 0 unspecified atom stereocenters. The first-order valence-corrected chi connectivity index (χ1v) is 12.1. The lowest BCUT2D eigenvalue weighted by Crippen LogP contribution is -2.25. The second-order valence-electron chi connectivity index (χ2n) is 9.28. The van der Waals surface area contributed by atoms with E-state index in [1.807, 2.05) is 12.1 Å². The molecule has 1 N–H and O–H groups in total. The van der Waals surface area contributed by atoms with Crippen molar-refractivity contribution in [1.29, 1.82) is 0 Å². The predicted octanol–water partition coefficient (Wildman–Crippen LogP) is 6.12. The van der Waals surface area contributed by atoms with Gasteiger partial charge in [-0.05, 0) is 86.6 Å². The summed E-state index contributed by atoms with van der Waals surface area (Å²) in [7, 11) is 0. The van der Waals surface area contributed by atoms with E-state index in [1.165, 1.54) is 62.0 Å². The SMILES string of the molecule is Oc1ccc2c(c1)[C@H](c1ccc(CCCCN3CCCC3)cc1)[C@H](c1ccccc1)CO2. The van der Waals surface area contributed by atoms with E-state index in [4.69, 9.17) is 4.74 Å². The van der Waals surface area contributed by atoms with Gasteiger partial charge in [-0.3, -0.25) is 0 Å². The zero-order valence-electron chi connectivity index (χ0n) is 18.7. The zero-order valence-corrected chi connectivity index (χ0v) is 18.7. The van der Waals surface area contributed by atoms with E-state index >= 15 is 0 Å². The lowest BCUT2D eigenvalue weighted by atomic mass is 9.75. The Labute approximate surface area is 191 Å². The van der Waals surface area contributed by atoms with Crippen LogP contribution in [0.15, 0.2) is 72.8 Å². The number of phenols is 1. The first kappa shape index (κ1) is 21.1. The van der Waals surface area contributed by atoms with Crippen molar-refractivity contribution in [1.82, 2.24) is 4.90 Å². The average molecular weight is 428 g/mol. The van der Waals surface area contributed by atoms with Crippen LogP contribution in [0.1, 0.15) is 59.8 Å². The van der Waals surface area contributed by atoms with Crippen molar-refractivity contribution >= 4 is 0 Å². The predicted molar refractivity (Wildman–Crippen MR) is 130 cm³/mol. The van der Waals surface area contributed by atoms with Crippen LogP contribution in [0.25, 0.3) is 0 Å². The summed E-state index contributed by atoms with van der Waals surface area (Å²) >= 11 is 0. The fourth-order valence-corrected chi connectivity index (χ4v) is 5.37. The number of aryl methyl sites for hydroxylation is 1. The van der Waals surface area contributed by atoms with Gasteiger partial charge in [0.15, 0.2) is 0 Å². The van der Waals surface area contributed by atoms with Gasteiger partial charge in [-0.2, -0.15) is 0 Å². The van der Waals surface area contributed by atoms with E-state index in [-0.39, 0.29) is 11.8 Å². The molecular formula is C29H33NO2. The summed E-state index contributed by atoms with van der Waals surface area (Å²) in [6, 6.07) is 25.3. The fourth-order valence-electron chi connectivity index (χ4n) is 5.37. The van der Waals surface area contributed by atoms with Crippen molar-refractivity contribution < 1.29 is 9.84 Å². The van der Waals surface area contributed by atoms with E-state index in [0.717, 1.165) is 17.7 Å². The van der Waals surface area contributed by atoms with Crippen molar-refractivity contribution in [2.45, 2.75) is 43.9 Å². The molecule has 1 fully saturated rings. The maximum atomic E-state index is 10.2. The lowest BCUT2D eigenvalue weighted by Gasteiger charge is -2.34. The molecule has 0 aliphatic carbocycles. The maximum absolute atomic E-state index is 10.2. The molecule has 0 radical (unpaired) electrons. The molecule has 3 nitrogen and oxygen atoms in total. The number of likely N-dealkylation sites (tertiary alicyclic amines) is 1. The zero-order chi connectivity index (χ0) is 21.8. The van der Waals surface area contributed by atoms with Gasteiger partial charge in [-0.1, -0.05) is 54.6 Å². The van der Waals surface area contributed by atoms with Crippen LogP contribution in [0.3, 0.4) is 0 Å². The second-order valence-corrected chi connectivity index (χ2v) is 9.28. The largest absolute Gasteiger partial charge is 0.508 e. The minimum Gasteiger partial charge on any atom is -0.508 e. The Kier molecular flexibility index (Phi) is 6.45. The molecule has 2 aliphatic heterocycles. The molecule has 0 bridgehead atoms. The highest BCUT2D eigenvalue weighted by Crippen LogP contribution is 2.46. The summed E-state index contributed by atoms with van der Waals surface area (Å²) in [5.74, 6) is 1.56. The molecule has 2 atom stereocenters. The Morgan fingerprint density at radius 3 is 2.41 bits per heavy atom. The highest BCUT2D eigenvalue weighted by molar-refractivity contribution is 5.50. The van der Waals surface area contributed by atoms with Crippen LogP contribution < -0.4 is 4.74 Å². The fraction of sp³-hybridized carbons (Fsp3) is 0.379. The number of unbranched alkanes of at least 4 members (excludes halogenated alkanes) is 1. The molecule has 5 rings (SSSR count). The average Bonchev–Trinajstić information content (AvgIpc) is 3.36. The summed E-state index contributed by atoms with van der Waals surface area (Å²) in [6.07, 6.45) is 6.42. The van der Waals surface area contributed by atoms with Crippen LogP contribution >= 0.6 is 0 Å². The molecule has 1 saturated heterocycles. The summed E-state index contributed by atoms with van der Waals surface area (Å²) < 4.78 is 6.11. The first-order chi connectivity index (χ1) is 15.8. The normalized spacial score (nSPS) is 20.6. The van der Waals surface area contributed by atoms with Gasteiger partial charge < -0.3 is 14.7 Å². The monoisotopic (exact) mass is 427 g/mol. The number of benzene rings is 3. The van der Waals surface area contributed by atoms with E-state index in [9.17, 15) is 5.11 Å². The van der Waals surface area contributed by atoms with Crippen LogP contribution in [0.4, 0.5) is 0 Å². The van der Waals surface area contributed by atoms with Crippen LogP contribution in [-0.4, -0.2) is 36.2 Å². The van der Waals surface area contributed by atoms with Gasteiger partial charge in [0, 0.05) is 17.4 Å².